The van der Waals surface area contributed by atoms with Gasteiger partial charge >= 0.3 is 0 Å². The summed E-state index contributed by atoms with van der Waals surface area (Å²) in [5.74, 6) is -0.444. The number of carbonyl (C=O) groups is 1. The van der Waals surface area contributed by atoms with Crippen LogP contribution in [0.3, 0.4) is 0 Å². The van der Waals surface area contributed by atoms with E-state index >= 15 is 0 Å². The number of carbonyl (C=O) groups excluding carboxylic acids is 1. The van der Waals surface area contributed by atoms with Gasteiger partial charge < -0.3 is 10.1 Å². The van der Waals surface area contributed by atoms with E-state index in [9.17, 15) is 21.6 Å². The minimum absolute atomic E-state index is 0.00569. The highest BCUT2D eigenvalue weighted by molar-refractivity contribution is 7.89. The van der Waals surface area contributed by atoms with Gasteiger partial charge in [0.05, 0.1) is 22.7 Å². The van der Waals surface area contributed by atoms with Gasteiger partial charge in [-0.25, -0.2) is 25.9 Å². The Morgan fingerprint density at radius 2 is 1.72 bits per heavy atom. The molecule has 2 aromatic carbocycles. The molecule has 2 rings (SSSR count). The number of nitrogens with zero attached hydrogens (tertiary/aromatic N) is 1. The fraction of sp³-hybridized carbons (Fsp3) is 0.235. The largest absolute Gasteiger partial charge is 0.495 e. The molecule has 0 saturated carbocycles. The van der Waals surface area contributed by atoms with Crippen LogP contribution in [0.1, 0.15) is 10.4 Å². The monoisotopic (exact) mass is 461 g/mol. The van der Waals surface area contributed by atoms with Gasteiger partial charge in [-0.1, -0.05) is 11.6 Å². The van der Waals surface area contributed by atoms with E-state index in [4.69, 9.17) is 16.3 Å². The molecule has 0 atom stereocenters. The SMILES string of the molecule is CNS(=O)(=O)c1cc(C(=O)Nc2cc(S(=O)(=O)N(C)C)ccc2OC)ccc1Cl. The van der Waals surface area contributed by atoms with Gasteiger partial charge in [0.2, 0.25) is 20.0 Å². The first-order valence-electron chi connectivity index (χ1n) is 8.09. The smallest absolute Gasteiger partial charge is 0.255 e. The summed E-state index contributed by atoms with van der Waals surface area (Å²) >= 11 is 5.93. The molecule has 0 aliphatic rings. The van der Waals surface area contributed by atoms with Crippen LogP contribution in [0, 0.1) is 0 Å². The Hall–Kier alpha value is -2.18. The van der Waals surface area contributed by atoms with Crippen LogP contribution in [0.5, 0.6) is 5.75 Å². The van der Waals surface area contributed by atoms with Crippen molar-refractivity contribution in [1.29, 1.82) is 0 Å². The zero-order valence-corrected chi connectivity index (χ0v) is 18.4. The first-order chi connectivity index (χ1) is 13.4. The second kappa shape index (κ2) is 8.67. The molecule has 0 fully saturated rings. The van der Waals surface area contributed by atoms with E-state index in [1.165, 1.54) is 58.6 Å². The molecule has 0 bridgehead atoms. The Labute approximate surface area is 174 Å². The number of nitrogens with one attached hydrogen (secondary N) is 2. The molecule has 0 heterocycles. The quantitative estimate of drug-likeness (QED) is 0.647. The van der Waals surface area contributed by atoms with Crippen molar-refractivity contribution in [3.8, 4) is 5.75 Å². The van der Waals surface area contributed by atoms with Crippen molar-refractivity contribution in [3.63, 3.8) is 0 Å². The summed E-state index contributed by atoms with van der Waals surface area (Å²) in [5, 5.41) is 2.49. The maximum Gasteiger partial charge on any atom is 0.255 e. The number of ether oxygens (including phenoxy) is 1. The minimum Gasteiger partial charge on any atom is -0.495 e. The lowest BCUT2D eigenvalue weighted by atomic mass is 10.2. The molecule has 0 unspecified atom stereocenters. The second-order valence-corrected chi connectivity index (χ2v) is 10.4. The number of amides is 1. The van der Waals surface area contributed by atoms with Crippen molar-refractivity contribution >= 4 is 43.2 Å². The van der Waals surface area contributed by atoms with Crippen LogP contribution < -0.4 is 14.8 Å². The number of benzene rings is 2. The topological polar surface area (TPSA) is 122 Å². The lowest BCUT2D eigenvalue weighted by molar-refractivity contribution is 0.102. The Morgan fingerprint density at radius 1 is 1.07 bits per heavy atom. The van der Waals surface area contributed by atoms with Crippen LogP contribution in [0.2, 0.25) is 5.02 Å². The summed E-state index contributed by atoms with van der Waals surface area (Å²) in [6.07, 6.45) is 0. The molecule has 12 heteroatoms. The van der Waals surface area contributed by atoms with E-state index in [0.29, 0.717) is 0 Å². The van der Waals surface area contributed by atoms with Crippen molar-refractivity contribution in [2.75, 3.05) is 33.6 Å². The number of sulfonamides is 2. The maximum absolute atomic E-state index is 12.7. The molecule has 2 aromatic rings. The van der Waals surface area contributed by atoms with Crippen molar-refractivity contribution < 1.29 is 26.4 Å². The first kappa shape index (κ1) is 23.1. The third-order valence-corrected chi connectivity index (χ3v) is 7.66. The van der Waals surface area contributed by atoms with Crippen LogP contribution in [-0.4, -0.2) is 55.3 Å². The van der Waals surface area contributed by atoms with Crippen LogP contribution in [-0.2, 0) is 20.0 Å². The third-order valence-electron chi connectivity index (χ3n) is 3.95. The minimum atomic E-state index is -3.88. The number of anilines is 1. The lowest BCUT2D eigenvalue weighted by Gasteiger charge is -2.15. The molecule has 0 aliphatic heterocycles. The van der Waals surface area contributed by atoms with Crippen LogP contribution >= 0.6 is 11.6 Å². The molecule has 0 aromatic heterocycles. The molecule has 29 heavy (non-hydrogen) atoms. The molecule has 1 amide bonds. The number of methoxy groups -OCH3 is 1. The van der Waals surface area contributed by atoms with Gasteiger partial charge in [0, 0.05) is 19.7 Å². The molecule has 158 valence electrons. The molecular formula is C17H20ClN3O6S2. The number of hydrogen-bond donors (Lipinski definition) is 2. The predicted molar refractivity (Wildman–Crippen MR) is 110 cm³/mol. The lowest BCUT2D eigenvalue weighted by Crippen LogP contribution is -2.22. The predicted octanol–water partition coefficient (Wildman–Crippen LogP) is 1.76. The second-order valence-electron chi connectivity index (χ2n) is 5.96. The average Bonchev–Trinajstić information content (AvgIpc) is 2.67. The van der Waals surface area contributed by atoms with Gasteiger partial charge in [0.1, 0.15) is 10.6 Å². The van der Waals surface area contributed by atoms with E-state index in [1.54, 1.807) is 0 Å². The van der Waals surface area contributed by atoms with Gasteiger partial charge in [-0.3, -0.25) is 4.79 Å². The van der Waals surface area contributed by atoms with Gasteiger partial charge in [-0.2, -0.15) is 0 Å². The highest BCUT2D eigenvalue weighted by Crippen LogP contribution is 2.29. The molecule has 2 N–H and O–H groups in total. The summed E-state index contributed by atoms with van der Waals surface area (Å²) < 4.78 is 57.2. The Kier molecular flexibility index (Phi) is 6.91. The summed E-state index contributed by atoms with van der Waals surface area (Å²) in [6, 6.07) is 7.77. The third kappa shape index (κ3) is 4.87. The fourth-order valence-electron chi connectivity index (χ4n) is 2.31. The molecule has 9 nitrogen and oxygen atoms in total. The van der Waals surface area contributed by atoms with Gasteiger partial charge in [-0.15, -0.1) is 0 Å². The van der Waals surface area contributed by atoms with Gasteiger partial charge in [-0.05, 0) is 43.4 Å². The number of hydrogen-bond acceptors (Lipinski definition) is 6. The zero-order chi connectivity index (χ0) is 22.0. The highest BCUT2D eigenvalue weighted by Gasteiger charge is 2.22. The van der Waals surface area contributed by atoms with Crippen LogP contribution in [0.15, 0.2) is 46.2 Å². The van der Waals surface area contributed by atoms with Crippen molar-refractivity contribution in [2.45, 2.75) is 9.79 Å². The van der Waals surface area contributed by atoms with Crippen LogP contribution in [0.25, 0.3) is 0 Å². The molecule has 0 aliphatic carbocycles. The standard InChI is InChI=1S/C17H20ClN3O6S2/c1-19-28(23,24)16-9-11(5-7-13(16)18)17(22)20-14-10-12(6-8-15(14)27-4)29(25,26)21(2)3/h5-10,19H,1-4H3,(H,20,22). The molecule has 0 saturated heterocycles. The fourth-order valence-corrected chi connectivity index (χ4v) is 4.49. The molecular weight excluding hydrogens is 442 g/mol. The summed E-state index contributed by atoms with van der Waals surface area (Å²) in [7, 11) is -2.26. The van der Waals surface area contributed by atoms with Crippen molar-refractivity contribution in [2.24, 2.45) is 0 Å². The Balaban J connectivity index is 2.47. The van der Waals surface area contributed by atoms with E-state index in [2.05, 4.69) is 10.0 Å². The highest BCUT2D eigenvalue weighted by atomic mass is 35.5. The zero-order valence-electron chi connectivity index (χ0n) is 16.1. The van der Waals surface area contributed by atoms with E-state index in [-0.39, 0.29) is 31.8 Å². The average molecular weight is 462 g/mol. The van der Waals surface area contributed by atoms with E-state index < -0.39 is 26.0 Å². The summed E-state index contributed by atoms with van der Waals surface area (Å²) in [6.45, 7) is 0. The Morgan fingerprint density at radius 3 is 2.28 bits per heavy atom. The molecule has 0 spiro atoms. The maximum atomic E-state index is 12.7. The van der Waals surface area contributed by atoms with Crippen LogP contribution in [0.4, 0.5) is 5.69 Å². The summed E-state index contributed by atoms with van der Waals surface area (Å²) in [4.78, 5) is 12.4. The number of halogens is 1. The van der Waals surface area contributed by atoms with Crippen molar-refractivity contribution in [3.05, 3.63) is 47.0 Å². The Bertz CT molecular complexity index is 1150. The van der Waals surface area contributed by atoms with Crippen molar-refractivity contribution in [1.82, 2.24) is 9.03 Å². The van der Waals surface area contributed by atoms with Gasteiger partial charge in [0.15, 0.2) is 0 Å². The van der Waals surface area contributed by atoms with E-state index in [0.717, 1.165) is 10.4 Å². The number of rotatable bonds is 7. The normalized spacial score (nSPS) is 12.1. The molecule has 0 radical (unpaired) electrons. The summed E-state index contributed by atoms with van der Waals surface area (Å²) in [5.41, 5.74) is 0.111. The van der Waals surface area contributed by atoms with E-state index in [1.807, 2.05) is 0 Å². The van der Waals surface area contributed by atoms with Gasteiger partial charge in [0.25, 0.3) is 5.91 Å². The first-order valence-corrected chi connectivity index (χ1v) is 11.4.